The van der Waals surface area contributed by atoms with Gasteiger partial charge in [0.25, 0.3) is 0 Å². The highest BCUT2D eigenvalue weighted by Gasteiger charge is 2.35. The van der Waals surface area contributed by atoms with Crippen molar-refractivity contribution in [3.05, 3.63) is 35.4 Å². The number of hydrogen-bond acceptors (Lipinski definition) is 2. The molecule has 1 atom stereocenters. The van der Waals surface area contributed by atoms with Crippen molar-refractivity contribution in [2.24, 2.45) is 5.92 Å². The average molecular weight is 431 g/mol. The first-order valence-electron chi connectivity index (χ1n) is 11.7. The van der Waals surface area contributed by atoms with Gasteiger partial charge in [0, 0.05) is 19.1 Å². The van der Waals surface area contributed by atoms with Gasteiger partial charge in [-0.15, -0.1) is 0 Å². The number of alkyl halides is 3. The van der Waals surface area contributed by atoms with Gasteiger partial charge in [-0.25, -0.2) is 0 Å². The second-order valence-corrected chi connectivity index (χ2v) is 8.22. The summed E-state index contributed by atoms with van der Waals surface area (Å²) in [6.45, 7) is 9.44. The Morgan fingerprint density at radius 2 is 1.30 bits per heavy atom. The maximum absolute atomic E-state index is 12.7. The monoisotopic (exact) mass is 430 g/mol. The van der Waals surface area contributed by atoms with Crippen molar-refractivity contribution in [2.75, 3.05) is 13.2 Å². The molecule has 174 valence electrons. The van der Waals surface area contributed by atoms with Gasteiger partial charge in [-0.05, 0) is 64.2 Å². The van der Waals surface area contributed by atoms with E-state index in [0.29, 0.717) is 13.2 Å². The first-order chi connectivity index (χ1) is 14.3. The summed E-state index contributed by atoms with van der Waals surface area (Å²) in [5, 5.41) is 0. The Kier molecular flexibility index (Phi) is 12.7. The predicted octanol–water partition coefficient (Wildman–Crippen LogP) is 8.18. The third kappa shape index (κ3) is 9.82. The average Bonchev–Trinajstić information content (AvgIpc) is 2.69. The van der Waals surface area contributed by atoms with Crippen LogP contribution < -0.4 is 0 Å². The topological polar surface area (TPSA) is 18.5 Å². The molecular formula is C25H41F3O2. The molecule has 0 saturated carbocycles. The summed E-state index contributed by atoms with van der Waals surface area (Å²) in [4.78, 5) is 0. The summed E-state index contributed by atoms with van der Waals surface area (Å²) in [5.74, 6) is -0.328. The van der Waals surface area contributed by atoms with Gasteiger partial charge < -0.3 is 9.47 Å². The Hall–Kier alpha value is -1.07. The summed E-state index contributed by atoms with van der Waals surface area (Å²) >= 11 is 0. The third-order valence-electron chi connectivity index (χ3n) is 5.81. The molecule has 0 aromatic heterocycles. The van der Waals surface area contributed by atoms with Crippen LogP contribution in [-0.4, -0.2) is 19.0 Å². The molecule has 30 heavy (non-hydrogen) atoms. The van der Waals surface area contributed by atoms with Crippen LogP contribution in [0.3, 0.4) is 0 Å². The quantitative estimate of drug-likeness (QED) is 0.194. The number of unbranched alkanes of at least 4 members (excludes halogenated alkanes) is 5. The molecule has 0 heterocycles. The van der Waals surface area contributed by atoms with Crippen LogP contribution in [0.2, 0.25) is 0 Å². The van der Waals surface area contributed by atoms with Crippen LogP contribution in [0.1, 0.15) is 96.6 Å². The van der Waals surface area contributed by atoms with Gasteiger partial charge in [-0.1, -0.05) is 57.6 Å². The normalized spacial score (nSPS) is 13.6. The number of benzene rings is 1. The van der Waals surface area contributed by atoms with Gasteiger partial charge in [0.2, 0.25) is 0 Å². The van der Waals surface area contributed by atoms with Crippen LogP contribution in [-0.2, 0) is 22.1 Å². The van der Waals surface area contributed by atoms with E-state index in [4.69, 9.17) is 9.47 Å². The Bertz CT molecular complexity index is 549. The van der Waals surface area contributed by atoms with Crippen molar-refractivity contribution in [1.82, 2.24) is 0 Å². The summed E-state index contributed by atoms with van der Waals surface area (Å²) in [6.07, 6.45) is 6.87. The van der Waals surface area contributed by atoms with E-state index in [0.717, 1.165) is 37.7 Å². The standard InChI is InChI=1S/C25H41F3O2/c1-5-8-9-10-11-12-15-22(24(4,29-6-2)30-7-3)16-13-14-21-17-19-23(20-18-21)25(26,27)28/h17-20,22H,5-16H2,1-4H3. The lowest BCUT2D eigenvalue weighted by atomic mass is 9.87. The van der Waals surface area contributed by atoms with E-state index in [1.165, 1.54) is 44.2 Å². The number of ether oxygens (including phenoxy) is 2. The van der Waals surface area contributed by atoms with Crippen molar-refractivity contribution in [2.45, 2.75) is 104 Å². The Balaban J connectivity index is 2.65. The number of hydrogen-bond donors (Lipinski definition) is 0. The van der Waals surface area contributed by atoms with Crippen LogP contribution in [0.15, 0.2) is 24.3 Å². The fourth-order valence-electron chi connectivity index (χ4n) is 4.10. The van der Waals surface area contributed by atoms with Crippen LogP contribution >= 0.6 is 0 Å². The molecule has 0 N–H and O–H groups in total. The highest BCUT2D eigenvalue weighted by Crippen LogP contribution is 2.33. The van der Waals surface area contributed by atoms with Crippen LogP contribution in [0.4, 0.5) is 13.2 Å². The van der Waals surface area contributed by atoms with E-state index in [9.17, 15) is 13.2 Å². The van der Waals surface area contributed by atoms with E-state index in [2.05, 4.69) is 6.92 Å². The van der Waals surface area contributed by atoms with E-state index in [1.54, 1.807) is 12.1 Å². The molecule has 2 nitrogen and oxygen atoms in total. The van der Waals surface area contributed by atoms with Gasteiger partial charge in [0.1, 0.15) is 0 Å². The maximum atomic E-state index is 12.7. The van der Waals surface area contributed by atoms with Crippen molar-refractivity contribution in [3.63, 3.8) is 0 Å². The predicted molar refractivity (Wildman–Crippen MR) is 118 cm³/mol. The lowest BCUT2D eigenvalue weighted by Gasteiger charge is -2.37. The molecule has 0 spiro atoms. The molecule has 1 unspecified atom stereocenters. The molecular weight excluding hydrogens is 389 g/mol. The SMILES string of the molecule is CCCCCCCCC(CCCc1ccc(C(F)(F)F)cc1)C(C)(OCC)OCC. The summed E-state index contributed by atoms with van der Waals surface area (Å²) in [5.41, 5.74) is 0.350. The molecule has 5 heteroatoms. The fourth-order valence-corrected chi connectivity index (χ4v) is 4.10. The van der Waals surface area contributed by atoms with Crippen molar-refractivity contribution in [1.29, 1.82) is 0 Å². The van der Waals surface area contributed by atoms with Gasteiger partial charge in [0.15, 0.2) is 5.79 Å². The van der Waals surface area contributed by atoms with E-state index < -0.39 is 17.5 Å². The first-order valence-corrected chi connectivity index (χ1v) is 11.7. The lowest BCUT2D eigenvalue weighted by Crippen LogP contribution is -2.41. The van der Waals surface area contributed by atoms with Gasteiger partial charge in [-0.3, -0.25) is 0 Å². The van der Waals surface area contributed by atoms with E-state index >= 15 is 0 Å². The summed E-state index contributed by atoms with van der Waals surface area (Å²) in [7, 11) is 0. The Morgan fingerprint density at radius 1 is 0.767 bits per heavy atom. The maximum Gasteiger partial charge on any atom is 0.416 e. The van der Waals surface area contributed by atoms with Crippen molar-refractivity contribution >= 4 is 0 Å². The number of rotatable bonds is 16. The zero-order valence-corrected chi connectivity index (χ0v) is 19.3. The lowest BCUT2D eigenvalue weighted by molar-refractivity contribution is -0.254. The Morgan fingerprint density at radius 3 is 1.83 bits per heavy atom. The smallest absolute Gasteiger partial charge is 0.350 e. The molecule has 1 aromatic carbocycles. The fraction of sp³-hybridized carbons (Fsp3) is 0.760. The van der Waals surface area contributed by atoms with Gasteiger partial charge in [0.05, 0.1) is 5.56 Å². The third-order valence-corrected chi connectivity index (χ3v) is 5.81. The molecule has 0 radical (unpaired) electrons. The molecule has 0 amide bonds. The highest BCUT2D eigenvalue weighted by molar-refractivity contribution is 5.24. The number of halogens is 3. The molecule has 0 aliphatic carbocycles. The second kappa shape index (κ2) is 14.1. The van der Waals surface area contributed by atoms with Crippen LogP contribution in [0, 0.1) is 5.92 Å². The molecule has 0 aliphatic heterocycles. The van der Waals surface area contributed by atoms with Gasteiger partial charge in [-0.2, -0.15) is 13.2 Å². The first kappa shape index (κ1) is 27.0. The minimum Gasteiger partial charge on any atom is -0.350 e. The zero-order chi connectivity index (χ0) is 22.5. The molecule has 0 fully saturated rings. The molecule has 0 saturated heterocycles. The number of aryl methyl sites for hydroxylation is 1. The minimum atomic E-state index is -4.28. The largest absolute Gasteiger partial charge is 0.416 e. The summed E-state index contributed by atoms with van der Waals surface area (Å²) < 4.78 is 50.3. The van der Waals surface area contributed by atoms with E-state index in [-0.39, 0.29) is 5.92 Å². The van der Waals surface area contributed by atoms with Crippen LogP contribution in [0.5, 0.6) is 0 Å². The summed E-state index contributed by atoms with van der Waals surface area (Å²) in [6, 6.07) is 5.53. The van der Waals surface area contributed by atoms with E-state index in [1.807, 2.05) is 20.8 Å². The molecule has 0 bridgehead atoms. The van der Waals surface area contributed by atoms with Gasteiger partial charge >= 0.3 is 6.18 Å². The van der Waals surface area contributed by atoms with Crippen molar-refractivity contribution < 1.29 is 22.6 Å². The zero-order valence-electron chi connectivity index (χ0n) is 19.3. The minimum absolute atomic E-state index is 0.276. The highest BCUT2D eigenvalue weighted by atomic mass is 19.4. The molecule has 1 aromatic rings. The molecule has 1 rings (SSSR count). The molecule has 0 aliphatic rings. The second-order valence-electron chi connectivity index (χ2n) is 8.22. The van der Waals surface area contributed by atoms with Crippen molar-refractivity contribution in [3.8, 4) is 0 Å². The Labute approximate surface area is 181 Å². The van der Waals surface area contributed by atoms with Crippen LogP contribution in [0.25, 0.3) is 0 Å².